The summed E-state index contributed by atoms with van der Waals surface area (Å²) >= 11 is 3.53. The van der Waals surface area contributed by atoms with Crippen LogP contribution in [0.2, 0.25) is 0 Å². The van der Waals surface area contributed by atoms with E-state index >= 15 is 0 Å². The molecule has 0 unspecified atom stereocenters. The van der Waals surface area contributed by atoms with Gasteiger partial charge in [-0.1, -0.05) is 13.0 Å². The molecule has 0 atom stereocenters. The molecule has 0 saturated carbocycles. The number of amides is 1. The summed E-state index contributed by atoms with van der Waals surface area (Å²) in [5.74, 6) is -0.528. The number of hydrogen-bond acceptors (Lipinski definition) is 3. The van der Waals surface area contributed by atoms with Crippen LogP contribution in [0.15, 0.2) is 34.9 Å². The van der Waals surface area contributed by atoms with Gasteiger partial charge in [0.15, 0.2) is 0 Å². The lowest BCUT2D eigenvalue weighted by Crippen LogP contribution is -2.14. The fourth-order valence-corrected chi connectivity index (χ4v) is 2.45. The van der Waals surface area contributed by atoms with E-state index in [1.165, 1.54) is 5.56 Å². The molecule has 2 rings (SSSR count). The lowest BCUT2D eigenvalue weighted by Gasteiger charge is -2.08. The van der Waals surface area contributed by atoms with Crippen LogP contribution in [-0.2, 0) is 6.54 Å². The summed E-state index contributed by atoms with van der Waals surface area (Å²) in [5, 5.41) is 7.49. The second-order valence-corrected chi connectivity index (χ2v) is 5.33. The highest BCUT2D eigenvalue weighted by Gasteiger charge is 2.08. The predicted octanol–water partition coefficient (Wildman–Crippen LogP) is 2.23. The molecule has 106 valence electrons. The highest BCUT2D eigenvalue weighted by molar-refractivity contribution is 9.10. The van der Waals surface area contributed by atoms with E-state index in [0.29, 0.717) is 0 Å². The molecule has 0 aliphatic heterocycles. The van der Waals surface area contributed by atoms with Gasteiger partial charge in [-0.2, -0.15) is 5.10 Å². The zero-order valence-corrected chi connectivity index (χ0v) is 12.9. The Morgan fingerprint density at radius 2 is 2.25 bits per heavy atom. The standard InChI is InChI=1S/C14H17BrN4O/c1-2-6-17-9-10-3-4-13(11(15)8-10)19-7-5-12(18-19)14(16)20/h3-5,7-8,17H,2,6,9H2,1H3,(H2,16,20). The van der Waals surface area contributed by atoms with E-state index in [1.807, 2.05) is 18.2 Å². The normalized spacial score (nSPS) is 10.7. The minimum atomic E-state index is -0.528. The van der Waals surface area contributed by atoms with Crippen molar-refractivity contribution in [2.75, 3.05) is 6.54 Å². The van der Waals surface area contributed by atoms with Crippen LogP contribution in [0.25, 0.3) is 5.69 Å². The van der Waals surface area contributed by atoms with Gasteiger partial charge in [-0.05, 0) is 52.7 Å². The fourth-order valence-electron chi connectivity index (χ4n) is 1.85. The molecule has 0 spiro atoms. The molecule has 20 heavy (non-hydrogen) atoms. The fraction of sp³-hybridized carbons (Fsp3) is 0.286. The third-order valence-corrected chi connectivity index (χ3v) is 3.49. The van der Waals surface area contributed by atoms with E-state index < -0.39 is 5.91 Å². The second kappa shape index (κ2) is 6.67. The Morgan fingerprint density at radius 3 is 2.85 bits per heavy atom. The molecule has 2 aromatic rings. The number of carbonyl (C=O) groups excluding carboxylic acids is 1. The van der Waals surface area contributed by atoms with Crippen molar-refractivity contribution in [2.24, 2.45) is 5.73 Å². The molecule has 0 saturated heterocycles. The predicted molar refractivity (Wildman–Crippen MR) is 81.8 cm³/mol. The largest absolute Gasteiger partial charge is 0.364 e. The first-order chi connectivity index (χ1) is 9.61. The van der Waals surface area contributed by atoms with Crippen molar-refractivity contribution >= 4 is 21.8 Å². The first-order valence-corrected chi connectivity index (χ1v) is 7.26. The maximum Gasteiger partial charge on any atom is 0.269 e. The summed E-state index contributed by atoms with van der Waals surface area (Å²) in [7, 11) is 0. The molecule has 6 heteroatoms. The molecule has 3 N–H and O–H groups in total. The Kier molecular flexibility index (Phi) is 4.92. The molecular formula is C14H17BrN4O. The molecular weight excluding hydrogens is 320 g/mol. The van der Waals surface area contributed by atoms with Crippen molar-refractivity contribution in [1.29, 1.82) is 0 Å². The minimum absolute atomic E-state index is 0.255. The maximum absolute atomic E-state index is 11.1. The van der Waals surface area contributed by atoms with Crippen LogP contribution in [0.3, 0.4) is 0 Å². The number of halogens is 1. The molecule has 0 fully saturated rings. The number of nitrogens with one attached hydrogen (secondary N) is 1. The molecule has 1 aromatic heterocycles. The van der Waals surface area contributed by atoms with Crippen LogP contribution in [0.4, 0.5) is 0 Å². The lowest BCUT2D eigenvalue weighted by atomic mass is 10.2. The van der Waals surface area contributed by atoms with E-state index in [2.05, 4.69) is 33.3 Å². The SMILES string of the molecule is CCCNCc1ccc(-n2ccc(C(N)=O)n2)c(Br)c1. The van der Waals surface area contributed by atoms with Gasteiger partial charge in [0, 0.05) is 17.2 Å². The number of primary amides is 1. The minimum Gasteiger partial charge on any atom is -0.364 e. The zero-order chi connectivity index (χ0) is 14.5. The molecule has 1 aromatic carbocycles. The number of hydrogen-bond donors (Lipinski definition) is 2. The smallest absolute Gasteiger partial charge is 0.269 e. The van der Waals surface area contributed by atoms with Crippen molar-refractivity contribution in [3.8, 4) is 5.69 Å². The van der Waals surface area contributed by atoms with Crippen LogP contribution in [0, 0.1) is 0 Å². The van der Waals surface area contributed by atoms with Crippen LogP contribution < -0.4 is 11.1 Å². The third-order valence-electron chi connectivity index (χ3n) is 2.86. The summed E-state index contributed by atoms with van der Waals surface area (Å²) in [5.41, 5.74) is 7.52. The summed E-state index contributed by atoms with van der Waals surface area (Å²) in [6.07, 6.45) is 2.83. The van der Waals surface area contributed by atoms with E-state index in [4.69, 9.17) is 5.73 Å². The van der Waals surface area contributed by atoms with Gasteiger partial charge in [0.05, 0.1) is 5.69 Å². The summed E-state index contributed by atoms with van der Waals surface area (Å²) in [4.78, 5) is 11.1. The molecule has 0 radical (unpaired) electrons. The van der Waals surface area contributed by atoms with Crippen molar-refractivity contribution in [3.05, 3.63) is 46.2 Å². The second-order valence-electron chi connectivity index (χ2n) is 4.47. The number of rotatable bonds is 6. The van der Waals surface area contributed by atoms with Crippen molar-refractivity contribution in [2.45, 2.75) is 19.9 Å². The zero-order valence-electron chi connectivity index (χ0n) is 11.3. The van der Waals surface area contributed by atoms with Gasteiger partial charge < -0.3 is 11.1 Å². The Labute approximate surface area is 126 Å². The van der Waals surface area contributed by atoms with Crippen molar-refractivity contribution in [1.82, 2.24) is 15.1 Å². The molecule has 1 amide bonds. The Morgan fingerprint density at radius 1 is 1.45 bits per heavy atom. The van der Waals surface area contributed by atoms with E-state index in [9.17, 15) is 4.79 Å². The van der Waals surface area contributed by atoms with E-state index in [1.54, 1.807) is 16.9 Å². The number of nitrogens with zero attached hydrogens (tertiary/aromatic N) is 2. The lowest BCUT2D eigenvalue weighted by molar-refractivity contribution is 0.0995. The highest BCUT2D eigenvalue weighted by Crippen LogP contribution is 2.22. The average Bonchev–Trinajstić information content (AvgIpc) is 2.89. The maximum atomic E-state index is 11.1. The van der Waals surface area contributed by atoms with Gasteiger partial charge in [0.1, 0.15) is 5.69 Å². The van der Waals surface area contributed by atoms with E-state index in [0.717, 1.165) is 29.7 Å². The Balaban J connectivity index is 2.18. The van der Waals surface area contributed by atoms with Gasteiger partial charge in [0.25, 0.3) is 5.91 Å². The molecule has 5 nitrogen and oxygen atoms in total. The van der Waals surface area contributed by atoms with Crippen molar-refractivity contribution in [3.63, 3.8) is 0 Å². The third kappa shape index (κ3) is 3.46. The van der Waals surface area contributed by atoms with Crippen LogP contribution in [0.1, 0.15) is 29.4 Å². The van der Waals surface area contributed by atoms with Gasteiger partial charge in [-0.3, -0.25) is 4.79 Å². The quantitative estimate of drug-likeness (QED) is 0.794. The van der Waals surface area contributed by atoms with Gasteiger partial charge >= 0.3 is 0 Å². The monoisotopic (exact) mass is 336 g/mol. The number of aromatic nitrogens is 2. The van der Waals surface area contributed by atoms with Gasteiger partial charge in [-0.25, -0.2) is 4.68 Å². The van der Waals surface area contributed by atoms with Crippen LogP contribution in [-0.4, -0.2) is 22.2 Å². The number of nitrogens with two attached hydrogens (primary N) is 1. The Hall–Kier alpha value is -1.66. The molecule has 0 aliphatic carbocycles. The number of benzene rings is 1. The van der Waals surface area contributed by atoms with Crippen LogP contribution in [0.5, 0.6) is 0 Å². The summed E-state index contributed by atoms with van der Waals surface area (Å²) in [6, 6.07) is 7.65. The van der Waals surface area contributed by atoms with Gasteiger partial charge in [0.2, 0.25) is 0 Å². The average molecular weight is 337 g/mol. The first kappa shape index (κ1) is 14.7. The number of carbonyl (C=O) groups is 1. The van der Waals surface area contributed by atoms with Crippen LogP contribution >= 0.6 is 15.9 Å². The van der Waals surface area contributed by atoms with Gasteiger partial charge in [-0.15, -0.1) is 0 Å². The first-order valence-electron chi connectivity index (χ1n) is 6.47. The topological polar surface area (TPSA) is 72.9 Å². The molecule has 0 aliphatic rings. The summed E-state index contributed by atoms with van der Waals surface area (Å²) < 4.78 is 2.56. The molecule has 0 bridgehead atoms. The Bertz CT molecular complexity index is 609. The van der Waals surface area contributed by atoms with E-state index in [-0.39, 0.29) is 5.69 Å². The highest BCUT2D eigenvalue weighted by atomic mass is 79.9. The van der Waals surface area contributed by atoms with Crippen molar-refractivity contribution < 1.29 is 4.79 Å². The summed E-state index contributed by atoms with van der Waals surface area (Å²) in [6.45, 7) is 3.97. The molecule has 1 heterocycles.